The quantitative estimate of drug-likeness (QED) is 0.847. The van der Waals surface area contributed by atoms with Crippen LogP contribution in [-0.4, -0.2) is 65.8 Å². The molecule has 2 saturated heterocycles. The van der Waals surface area contributed by atoms with Crippen molar-refractivity contribution in [1.29, 1.82) is 0 Å². The zero-order chi connectivity index (χ0) is 17.9. The van der Waals surface area contributed by atoms with E-state index in [2.05, 4.69) is 47.4 Å². The minimum Gasteiger partial charge on any atom is -0.339 e. The smallest absolute Gasteiger partial charge is 0.242 e. The number of benzene rings is 2. The normalized spacial score (nSPS) is 18.7. The second-order valence-electron chi connectivity index (χ2n) is 7.21. The Balaban J connectivity index is 1.33. The SMILES string of the molecule is O=C(CN1CCCC1=O)N1CCN(Cc2cccc3ccccc23)CC1. The Hall–Kier alpha value is -2.40. The third kappa shape index (κ3) is 3.58. The van der Waals surface area contributed by atoms with Crippen molar-refractivity contribution in [2.24, 2.45) is 0 Å². The molecule has 0 radical (unpaired) electrons. The summed E-state index contributed by atoms with van der Waals surface area (Å²) in [5, 5.41) is 2.58. The Morgan fingerprint density at radius 2 is 1.69 bits per heavy atom. The summed E-state index contributed by atoms with van der Waals surface area (Å²) in [4.78, 5) is 30.2. The molecule has 2 aliphatic rings. The monoisotopic (exact) mass is 351 g/mol. The fourth-order valence-electron chi connectivity index (χ4n) is 3.96. The number of hydrogen-bond acceptors (Lipinski definition) is 3. The molecular formula is C21H25N3O2. The van der Waals surface area contributed by atoms with Gasteiger partial charge in [0.15, 0.2) is 0 Å². The Morgan fingerprint density at radius 3 is 2.46 bits per heavy atom. The second-order valence-corrected chi connectivity index (χ2v) is 7.21. The van der Waals surface area contributed by atoms with Crippen molar-refractivity contribution in [2.45, 2.75) is 19.4 Å². The number of carbonyl (C=O) groups excluding carboxylic acids is 2. The molecule has 0 spiro atoms. The first-order valence-electron chi connectivity index (χ1n) is 9.45. The van der Waals surface area contributed by atoms with E-state index in [1.54, 1.807) is 4.90 Å². The van der Waals surface area contributed by atoms with Gasteiger partial charge in [-0.05, 0) is 22.8 Å². The molecule has 0 N–H and O–H groups in total. The van der Waals surface area contributed by atoms with E-state index in [-0.39, 0.29) is 18.4 Å². The number of amides is 2. The van der Waals surface area contributed by atoms with E-state index in [0.717, 1.165) is 45.7 Å². The molecule has 0 aliphatic carbocycles. The number of nitrogens with zero attached hydrogens (tertiary/aromatic N) is 3. The first-order chi connectivity index (χ1) is 12.7. The van der Waals surface area contributed by atoms with Crippen LogP contribution in [0.2, 0.25) is 0 Å². The predicted octanol–water partition coefficient (Wildman–Crippen LogP) is 2.11. The summed E-state index contributed by atoms with van der Waals surface area (Å²) in [5.74, 6) is 0.206. The van der Waals surface area contributed by atoms with E-state index in [0.29, 0.717) is 6.42 Å². The number of piperazine rings is 1. The van der Waals surface area contributed by atoms with Crippen LogP contribution < -0.4 is 0 Å². The first kappa shape index (κ1) is 17.0. The van der Waals surface area contributed by atoms with Crippen LogP contribution in [-0.2, 0) is 16.1 Å². The number of likely N-dealkylation sites (tertiary alicyclic amines) is 1. The predicted molar refractivity (Wildman–Crippen MR) is 102 cm³/mol. The molecule has 5 nitrogen and oxygen atoms in total. The lowest BCUT2D eigenvalue weighted by atomic mass is 10.0. The minimum atomic E-state index is 0.0880. The summed E-state index contributed by atoms with van der Waals surface area (Å²) in [7, 11) is 0. The van der Waals surface area contributed by atoms with Crippen LogP contribution in [0.25, 0.3) is 10.8 Å². The molecule has 0 unspecified atom stereocenters. The van der Waals surface area contributed by atoms with Crippen molar-refractivity contribution in [1.82, 2.24) is 14.7 Å². The standard InChI is InChI=1S/C21H25N3O2/c25-20-9-4-10-24(20)16-21(26)23-13-11-22(12-14-23)15-18-7-3-6-17-5-1-2-8-19(17)18/h1-3,5-8H,4,9-16H2. The van der Waals surface area contributed by atoms with Crippen LogP contribution in [0, 0.1) is 0 Å². The minimum absolute atomic E-state index is 0.0880. The lowest BCUT2D eigenvalue weighted by Crippen LogP contribution is -2.51. The van der Waals surface area contributed by atoms with Gasteiger partial charge < -0.3 is 9.80 Å². The molecule has 136 valence electrons. The Kier molecular flexibility index (Phi) is 4.89. The maximum absolute atomic E-state index is 12.5. The van der Waals surface area contributed by atoms with Crippen molar-refractivity contribution in [3.05, 3.63) is 48.0 Å². The van der Waals surface area contributed by atoms with E-state index < -0.39 is 0 Å². The van der Waals surface area contributed by atoms with Crippen molar-refractivity contribution in [3.8, 4) is 0 Å². The highest BCUT2D eigenvalue weighted by Gasteiger charge is 2.27. The molecule has 2 heterocycles. The molecule has 0 saturated carbocycles. The van der Waals surface area contributed by atoms with Gasteiger partial charge in [-0.2, -0.15) is 0 Å². The molecule has 2 fully saturated rings. The van der Waals surface area contributed by atoms with Crippen LogP contribution in [0.4, 0.5) is 0 Å². The molecule has 2 aromatic carbocycles. The number of fused-ring (bicyclic) bond motifs is 1. The van der Waals surface area contributed by atoms with Gasteiger partial charge in [0.1, 0.15) is 0 Å². The Labute approximate surface area is 154 Å². The van der Waals surface area contributed by atoms with Crippen LogP contribution in [0.1, 0.15) is 18.4 Å². The largest absolute Gasteiger partial charge is 0.339 e. The van der Waals surface area contributed by atoms with Gasteiger partial charge in [-0.25, -0.2) is 0 Å². The van der Waals surface area contributed by atoms with Gasteiger partial charge in [-0.3, -0.25) is 14.5 Å². The van der Waals surface area contributed by atoms with Crippen molar-refractivity contribution in [2.75, 3.05) is 39.3 Å². The zero-order valence-corrected chi connectivity index (χ0v) is 15.1. The van der Waals surface area contributed by atoms with Gasteiger partial charge in [0.05, 0.1) is 6.54 Å². The van der Waals surface area contributed by atoms with Crippen LogP contribution in [0.15, 0.2) is 42.5 Å². The van der Waals surface area contributed by atoms with Crippen LogP contribution in [0.5, 0.6) is 0 Å². The second kappa shape index (κ2) is 7.46. The highest BCUT2D eigenvalue weighted by Crippen LogP contribution is 2.20. The summed E-state index contributed by atoms with van der Waals surface area (Å²) in [6, 6.07) is 14.9. The summed E-state index contributed by atoms with van der Waals surface area (Å²) in [6.07, 6.45) is 1.47. The molecule has 2 aliphatic heterocycles. The average molecular weight is 351 g/mol. The van der Waals surface area contributed by atoms with Crippen molar-refractivity contribution < 1.29 is 9.59 Å². The third-order valence-electron chi connectivity index (χ3n) is 5.50. The highest BCUT2D eigenvalue weighted by molar-refractivity contribution is 5.86. The van der Waals surface area contributed by atoms with Gasteiger partial charge in [-0.1, -0.05) is 42.5 Å². The summed E-state index contributed by atoms with van der Waals surface area (Å²) in [6.45, 7) is 5.13. The molecule has 0 aromatic heterocycles. The molecule has 2 aromatic rings. The summed E-state index contributed by atoms with van der Waals surface area (Å²) < 4.78 is 0. The van der Waals surface area contributed by atoms with Gasteiger partial charge in [-0.15, -0.1) is 0 Å². The van der Waals surface area contributed by atoms with E-state index in [1.165, 1.54) is 16.3 Å². The van der Waals surface area contributed by atoms with E-state index in [4.69, 9.17) is 0 Å². The number of hydrogen-bond donors (Lipinski definition) is 0. The molecular weight excluding hydrogens is 326 g/mol. The zero-order valence-electron chi connectivity index (χ0n) is 15.1. The van der Waals surface area contributed by atoms with Crippen molar-refractivity contribution in [3.63, 3.8) is 0 Å². The molecule has 26 heavy (non-hydrogen) atoms. The van der Waals surface area contributed by atoms with E-state index in [9.17, 15) is 9.59 Å². The molecule has 2 amide bonds. The van der Waals surface area contributed by atoms with Gasteiger partial charge in [0, 0.05) is 45.7 Å². The highest BCUT2D eigenvalue weighted by atomic mass is 16.2. The molecule has 0 atom stereocenters. The number of rotatable bonds is 4. The lowest BCUT2D eigenvalue weighted by Gasteiger charge is -2.35. The maximum Gasteiger partial charge on any atom is 0.242 e. The van der Waals surface area contributed by atoms with Gasteiger partial charge in [0.25, 0.3) is 0 Å². The summed E-state index contributed by atoms with van der Waals surface area (Å²) in [5.41, 5.74) is 1.34. The van der Waals surface area contributed by atoms with Crippen LogP contribution in [0.3, 0.4) is 0 Å². The summed E-state index contributed by atoms with van der Waals surface area (Å²) >= 11 is 0. The van der Waals surface area contributed by atoms with Crippen molar-refractivity contribution >= 4 is 22.6 Å². The van der Waals surface area contributed by atoms with Crippen LogP contribution >= 0.6 is 0 Å². The third-order valence-corrected chi connectivity index (χ3v) is 5.50. The molecule has 5 heteroatoms. The topological polar surface area (TPSA) is 43.9 Å². The molecule has 4 rings (SSSR count). The van der Waals surface area contributed by atoms with Gasteiger partial charge >= 0.3 is 0 Å². The number of carbonyl (C=O) groups is 2. The average Bonchev–Trinajstić information content (AvgIpc) is 3.07. The van der Waals surface area contributed by atoms with E-state index in [1.807, 2.05) is 4.90 Å². The van der Waals surface area contributed by atoms with E-state index >= 15 is 0 Å². The van der Waals surface area contributed by atoms with Gasteiger partial charge in [0.2, 0.25) is 11.8 Å². The molecule has 0 bridgehead atoms. The Bertz CT molecular complexity index is 807. The lowest BCUT2D eigenvalue weighted by molar-refractivity contribution is -0.139. The first-order valence-corrected chi connectivity index (χ1v) is 9.45. The fourth-order valence-corrected chi connectivity index (χ4v) is 3.96. The Morgan fingerprint density at radius 1 is 0.923 bits per heavy atom. The maximum atomic E-state index is 12.5. The fraction of sp³-hybridized carbons (Fsp3) is 0.429.